The molecule has 0 aromatic carbocycles. The minimum Gasteiger partial charge on any atom is -0.476 e. The molecule has 0 bridgehead atoms. The van der Waals surface area contributed by atoms with E-state index in [4.69, 9.17) is 5.11 Å². The predicted molar refractivity (Wildman–Crippen MR) is 71.7 cm³/mol. The molecule has 0 fully saturated rings. The summed E-state index contributed by atoms with van der Waals surface area (Å²) in [7, 11) is -4.00. The lowest BCUT2D eigenvalue weighted by Crippen LogP contribution is -2.17. The van der Waals surface area contributed by atoms with Crippen molar-refractivity contribution in [2.45, 2.75) is 4.90 Å². The summed E-state index contributed by atoms with van der Waals surface area (Å²) in [6.07, 6.45) is 4.89. The molecule has 0 spiro atoms. The first-order valence-corrected chi connectivity index (χ1v) is 7.35. The summed E-state index contributed by atoms with van der Waals surface area (Å²) in [5, 5.41) is 8.92. The van der Waals surface area contributed by atoms with Crippen molar-refractivity contribution in [3.63, 3.8) is 0 Å². The van der Waals surface area contributed by atoms with E-state index >= 15 is 0 Å². The van der Waals surface area contributed by atoms with Gasteiger partial charge in [-0.25, -0.2) is 23.2 Å². The highest BCUT2D eigenvalue weighted by molar-refractivity contribution is 9.10. The van der Waals surface area contributed by atoms with E-state index in [2.05, 4.69) is 35.6 Å². The zero-order valence-corrected chi connectivity index (χ0v) is 12.1. The van der Waals surface area contributed by atoms with Gasteiger partial charge in [0.2, 0.25) is 0 Å². The lowest BCUT2D eigenvalue weighted by molar-refractivity contribution is 0.0691. The molecule has 0 aliphatic carbocycles. The standard InChI is InChI=1S/C10H7BrN4O4S/c11-6-3-7(5-12-4-6)20(18,19)15-9-8(10(16)17)13-1-2-14-9/h1-5H,(H,14,15)(H,16,17). The summed E-state index contributed by atoms with van der Waals surface area (Å²) < 4.78 is 26.7. The maximum Gasteiger partial charge on any atom is 0.358 e. The van der Waals surface area contributed by atoms with Crippen molar-refractivity contribution in [1.29, 1.82) is 0 Å². The molecule has 0 amide bonds. The largest absolute Gasteiger partial charge is 0.476 e. The van der Waals surface area contributed by atoms with Crippen LogP contribution in [0.1, 0.15) is 10.5 Å². The maximum atomic E-state index is 12.1. The number of halogens is 1. The summed E-state index contributed by atoms with van der Waals surface area (Å²) in [6.45, 7) is 0. The highest BCUT2D eigenvalue weighted by Gasteiger charge is 2.20. The number of hydrogen-bond donors (Lipinski definition) is 2. The number of sulfonamides is 1. The number of anilines is 1. The fraction of sp³-hybridized carbons (Fsp3) is 0. The number of aromatic carboxylic acids is 1. The van der Waals surface area contributed by atoms with Gasteiger partial charge in [-0.15, -0.1) is 0 Å². The first-order chi connectivity index (χ1) is 9.40. The zero-order chi connectivity index (χ0) is 14.8. The Kier molecular flexibility index (Phi) is 3.95. The second-order valence-electron chi connectivity index (χ2n) is 3.50. The molecular weight excluding hydrogens is 352 g/mol. The normalized spacial score (nSPS) is 11.1. The molecule has 104 valence electrons. The topological polar surface area (TPSA) is 122 Å². The molecule has 0 saturated heterocycles. The van der Waals surface area contributed by atoms with E-state index < -0.39 is 21.7 Å². The van der Waals surface area contributed by atoms with Crippen LogP contribution in [0.3, 0.4) is 0 Å². The average molecular weight is 359 g/mol. The molecule has 2 rings (SSSR count). The molecule has 2 heterocycles. The van der Waals surface area contributed by atoms with Crippen LogP contribution in [-0.4, -0.2) is 34.4 Å². The Balaban J connectivity index is 2.41. The van der Waals surface area contributed by atoms with Gasteiger partial charge < -0.3 is 5.11 Å². The van der Waals surface area contributed by atoms with Gasteiger partial charge in [0.15, 0.2) is 11.5 Å². The van der Waals surface area contributed by atoms with Crippen molar-refractivity contribution in [2.24, 2.45) is 0 Å². The molecule has 2 aromatic rings. The first kappa shape index (κ1) is 14.3. The summed E-state index contributed by atoms with van der Waals surface area (Å²) >= 11 is 3.10. The van der Waals surface area contributed by atoms with Crippen molar-refractivity contribution in [2.75, 3.05) is 4.72 Å². The second kappa shape index (κ2) is 5.51. The van der Waals surface area contributed by atoms with Gasteiger partial charge in [-0.1, -0.05) is 0 Å². The van der Waals surface area contributed by atoms with Gasteiger partial charge >= 0.3 is 5.97 Å². The van der Waals surface area contributed by atoms with Crippen LogP contribution in [0.25, 0.3) is 0 Å². The van der Waals surface area contributed by atoms with Crippen molar-refractivity contribution >= 4 is 37.7 Å². The lowest BCUT2D eigenvalue weighted by atomic mass is 10.4. The highest BCUT2D eigenvalue weighted by atomic mass is 79.9. The van der Waals surface area contributed by atoms with Crippen molar-refractivity contribution < 1.29 is 18.3 Å². The maximum absolute atomic E-state index is 12.1. The van der Waals surface area contributed by atoms with Gasteiger partial charge in [0.05, 0.1) is 0 Å². The van der Waals surface area contributed by atoms with E-state index in [9.17, 15) is 13.2 Å². The third-order valence-electron chi connectivity index (χ3n) is 2.12. The van der Waals surface area contributed by atoms with E-state index in [0.717, 1.165) is 12.4 Å². The Hall–Kier alpha value is -2.07. The summed E-state index contributed by atoms with van der Waals surface area (Å²) in [5.41, 5.74) is -0.487. The van der Waals surface area contributed by atoms with E-state index in [1.165, 1.54) is 18.5 Å². The van der Waals surface area contributed by atoms with E-state index in [0.29, 0.717) is 4.47 Å². The van der Waals surface area contributed by atoms with Crippen LogP contribution in [-0.2, 0) is 10.0 Å². The summed E-state index contributed by atoms with van der Waals surface area (Å²) in [4.78, 5) is 21.8. The monoisotopic (exact) mass is 358 g/mol. The van der Waals surface area contributed by atoms with Crippen LogP contribution >= 0.6 is 15.9 Å². The molecule has 10 heteroatoms. The lowest BCUT2D eigenvalue weighted by Gasteiger charge is -2.08. The van der Waals surface area contributed by atoms with Crippen LogP contribution in [0.15, 0.2) is 40.2 Å². The summed E-state index contributed by atoms with van der Waals surface area (Å²) in [6, 6.07) is 1.33. The Labute approximate surface area is 122 Å². The van der Waals surface area contributed by atoms with Crippen LogP contribution in [0.4, 0.5) is 5.82 Å². The van der Waals surface area contributed by atoms with Crippen LogP contribution in [0, 0.1) is 0 Å². The molecule has 0 atom stereocenters. The molecule has 0 unspecified atom stereocenters. The van der Waals surface area contributed by atoms with E-state index in [1.807, 2.05) is 0 Å². The molecule has 2 aromatic heterocycles. The van der Waals surface area contributed by atoms with Gasteiger partial charge in [0, 0.05) is 29.3 Å². The predicted octanol–water partition coefficient (Wildman–Crippen LogP) is 1.13. The van der Waals surface area contributed by atoms with Crippen LogP contribution in [0.2, 0.25) is 0 Å². The fourth-order valence-corrected chi connectivity index (χ4v) is 2.81. The third-order valence-corrected chi connectivity index (χ3v) is 3.86. The summed E-state index contributed by atoms with van der Waals surface area (Å²) in [5.74, 6) is -1.75. The third kappa shape index (κ3) is 3.08. The van der Waals surface area contributed by atoms with Gasteiger partial charge in [-0.05, 0) is 22.0 Å². The SMILES string of the molecule is O=C(O)c1nccnc1NS(=O)(=O)c1cncc(Br)c1. The molecule has 2 N–H and O–H groups in total. The second-order valence-corrected chi connectivity index (χ2v) is 6.10. The van der Waals surface area contributed by atoms with Crippen molar-refractivity contribution in [3.05, 3.63) is 41.0 Å². The van der Waals surface area contributed by atoms with Gasteiger partial charge in [0.1, 0.15) is 4.90 Å². The molecule has 20 heavy (non-hydrogen) atoms. The Morgan fingerprint density at radius 1 is 1.25 bits per heavy atom. The van der Waals surface area contributed by atoms with E-state index in [-0.39, 0.29) is 10.7 Å². The molecule has 0 radical (unpaired) electrons. The number of carbonyl (C=O) groups is 1. The Morgan fingerprint density at radius 3 is 2.60 bits per heavy atom. The quantitative estimate of drug-likeness (QED) is 0.839. The van der Waals surface area contributed by atoms with Crippen LogP contribution in [0.5, 0.6) is 0 Å². The number of nitrogens with one attached hydrogen (secondary N) is 1. The highest BCUT2D eigenvalue weighted by Crippen LogP contribution is 2.18. The minimum absolute atomic E-state index is 0.131. The Bertz CT molecular complexity index is 765. The number of aromatic nitrogens is 3. The first-order valence-electron chi connectivity index (χ1n) is 5.08. The van der Waals surface area contributed by atoms with Gasteiger partial charge in [0.25, 0.3) is 10.0 Å². The molecule has 0 aliphatic heterocycles. The molecule has 8 nitrogen and oxygen atoms in total. The number of hydrogen-bond acceptors (Lipinski definition) is 6. The molecule has 0 saturated carbocycles. The van der Waals surface area contributed by atoms with Gasteiger partial charge in [-0.3, -0.25) is 9.71 Å². The Morgan fingerprint density at radius 2 is 1.95 bits per heavy atom. The number of rotatable bonds is 4. The number of nitrogens with zero attached hydrogens (tertiary/aromatic N) is 3. The fourth-order valence-electron chi connectivity index (χ4n) is 1.29. The average Bonchev–Trinajstić information content (AvgIpc) is 2.38. The minimum atomic E-state index is -4.00. The van der Waals surface area contributed by atoms with Gasteiger partial charge in [-0.2, -0.15) is 0 Å². The molecular formula is C10H7BrN4O4S. The number of carboxylic acids is 1. The zero-order valence-electron chi connectivity index (χ0n) is 9.69. The van der Waals surface area contributed by atoms with Crippen LogP contribution < -0.4 is 4.72 Å². The van der Waals surface area contributed by atoms with E-state index in [1.54, 1.807) is 0 Å². The number of pyridine rings is 1. The molecule has 0 aliphatic rings. The number of carboxylic acid groups (broad SMARTS) is 1. The smallest absolute Gasteiger partial charge is 0.358 e. The van der Waals surface area contributed by atoms with Crippen molar-refractivity contribution in [1.82, 2.24) is 15.0 Å². The van der Waals surface area contributed by atoms with Crippen molar-refractivity contribution in [3.8, 4) is 0 Å².